The number of nitrogens with zero attached hydrogens (tertiary/aromatic N) is 3. The quantitative estimate of drug-likeness (QED) is 0.456. The Morgan fingerprint density at radius 1 is 1.26 bits per heavy atom. The molecule has 1 unspecified atom stereocenters. The van der Waals surface area contributed by atoms with E-state index in [4.69, 9.17) is 0 Å². The third kappa shape index (κ3) is 5.71. The Bertz CT molecular complexity index is 966. The molecule has 1 fully saturated rings. The van der Waals surface area contributed by atoms with Crippen LogP contribution >= 0.6 is 0 Å². The van der Waals surface area contributed by atoms with Crippen molar-refractivity contribution >= 4 is 35.5 Å². The number of piperidine rings is 1. The van der Waals surface area contributed by atoms with E-state index in [0.29, 0.717) is 19.3 Å². The molecule has 0 spiro atoms. The molecule has 8 nitrogen and oxygen atoms in total. The molecular formula is C20H21F3N6O2. The first-order valence-corrected chi connectivity index (χ1v) is 9.49. The maximum absolute atomic E-state index is 13.5. The summed E-state index contributed by atoms with van der Waals surface area (Å²) >= 11 is 0. The van der Waals surface area contributed by atoms with E-state index in [-0.39, 0.29) is 23.4 Å². The zero-order valence-electron chi connectivity index (χ0n) is 16.4. The first-order valence-electron chi connectivity index (χ1n) is 9.49. The van der Waals surface area contributed by atoms with Crippen molar-refractivity contribution in [1.82, 2.24) is 14.9 Å². The molecule has 2 heterocycles. The van der Waals surface area contributed by atoms with Crippen molar-refractivity contribution in [2.45, 2.75) is 25.1 Å². The van der Waals surface area contributed by atoms with E-state index in [9.17, 15) is 22.8 Å². The van der Waals surface area contributed by atoms with Gasteiger partial charge in [0.25, 0.3) is 0 Å². The van der Waals surface area contributed by atoms with Gasteiger partial charge in [-0.05, 0) is 31.1 Å². The molecule has 3 rings (SSSR count). The second-order valence-corrected chi connectivity index (χ2v) is 6.90. The zero-order chi connectivity index (χ0) is 22.4. The summed E-state index contributed by atoms with van der Waals surface area (Å²) in [5.41, 5.74) is -0.568. The van der Waals surface area contributed by atoms with Crippen LogP contribution in [-0.2, 0) is 15.8 Å². The number of rotatable bonds is 7. The van der Waals surface area contributed by atoms with E-state index in [0.717, 1.165) is 25.3 Å². The van der Waals surface area contributed by atoms with Crippen LogP contribution in [0.1, 0.15) is 18.4 Å². The molecule has 2 amide bonds. The van der Waals surface area contributed by atoms with Crippen LogP contribution in [0.5, 0.6) is 0 Å². The summed E-state index contributed by atoms with van der Waals surface area (Å²) in [5.74, 6) is -0.971. The van der Waals surface area contributed by atoms with Crippen molar-refractivity contribution in [3.05, 3.63) is 48.7 Å². The topological polar surface area (TPSA) is 99.2 Å². The number of amides is 2. The highest BCUT2D eigenvalue weighted by Gasteiger charge is 2.35. The number of carbonyl (C=O) groups excluding carboxylic acids is 2. The number of hydrogen-bond donors (Lipinski definition) is 3. The van der Waals surface area contributed by atoms with Gasteiger partial charge in [-0.1, -0.05) is 18.7 Å². The van der Waals surface area contributed by atoms with Crippen LogP contribution in [-0.4, -0.2) is 46.3 Å². The summed E-state index contributed by atoms with van der Waals surface area (Å²) in [4.78, 5) is 32.1. The minimum atomic E-state index is -4.70. The van der Waals surface area contributed by atoms with Gasteiger partial charge in [0.05, 0.1) is 11.4 Å². The van der Waals surface area contributed by atoms with Crippen LogP contribution in [0.4, 0.5) is 36.3 Å². The second-order valence-electron chi connectivity index (χ2n) is 6.90. The lowest BCUT2D eigenvalue weighted by Gasteiger charge is -2.30. The third-order valence-electron chi connectivity index (χ3n) is 4.65. The highest BCUT2D eigenvalue weighted by molar-refractivity contribution is 6.01. The van der Waals surface area contributed by atoms with Crippen LogP contribution in [0, 0.1) is 0 Å². The maximum Gasteiger partial charge on any atom is 0.421 e. The Morgan fingerprint density at radius 2 is 2.00 bits per heavy atom. The van der Waals surface area contributed by atoms with Gasteiger partial charge in [0, 0.05) is 25.3 Å². The predicted octanol–water partition coefficient (Wildman–Crippen LogP) is 3.40. The molecule has 2 aromatic rings. The number of para-hydroxylation sites is 2. The molecule has 164 valence electrons. The molecular weight excluding hydrogens is 413 g/mol. The Kier molecular flexibility index (Phi) is 6.73. The molecule has 1 atom stereocenters. The molecule has 0 saturated carbocycles. The van der Waals surface area contributed by atoms with Gasteiger partial charge >= 0.3 is 6.18 Å². The number of nitrogens with one attached hydrogen (secondary N) is 3. The number of aromatic nitrogens is 2. The third-order valence-corrected chi connectivity index (χ3v) is 4.65. The number of halogens is 3. The second kappa shape index (κ2) is 9.45. The maximum atomic E-state index is 13.5. The SMILES string of the molecule is C=CC(=O)Nc1ccccc1Nc1nc(NC2CCCN(C=O)C2)ncc1C(F)(F)F. The van der Waals surface area contributed by atoms with Gasteiger partial charge in [-0.15, -0.1) is 0 Å². The van der Waals surface area contributed by atoms with Gasteiger partial charge in [0.2, 0.25) is 18.3 Å². The summed E-state index contributed by atoms with van der Waals surface area (Å²) in [6, 6.07) is 6.10. The van der Waals surface area contributed by atoms with Gasteiger partial charge in [0.1, 0.15) is 11.4 Å². The normalized spacial score (nSPS) is 16.4. The van der Waals surface area contributed by atoms with E-state index in [1.165, 1.54) is 12.1 Å². The molecule has 1 saturated heterocycles. The van der Waals surface area contributed by atoms with Crippen LogP contribution in [0.3, 0.4) is 0 Å². The van der Waals surface area contributed by atoms with Crippen molar-refractivity contribution in [2.24, 2.45) is 0 Å². The molecule has 1 aromatic carbocycles. The Hall–Kier alpha value is -3.63. The van der Waals surface area contributed by atoms with Crippen molar-refractivity contribution in [3.63, 3.8) is 0 Å². The predicted molar refractivity (Wildman–Crippen MR) is 110 cm³/mol. The number of alkyl halides is 3. The van der Waals surface area contributed by atoms with Crippen molar-refractivity contribution in [2.75, 3.05) is 29.0 Å². The average Bonchev–Trinajstić information content (AvgIpc) is 2.74. The van der Waals surface area contributed by atoms with Crippen LogP contribution < -0.4 is 16.0 Å². The monoisotopic (exact) mass is 434 g/mol. The van der Waals surface area contributed by atoms with Gasteiger partial charge in [-0.25, -0.2) is 4.98 Å². The number of carbonyl (C=O) groups is 2. The van der Waals surface area contributed by atoms with Crippen LogP contribution in [0.25, 0.3) is 0 Å². The number of anilines is 4. The van der Waals surface area contributed by atoms with E-state index in [1.807, 2.05) is 0 Å². The number of likely N-dealkylation sites (tertiary alicyclic amines) is 1. The van der Waals surface area contributed by atoms with E-state index in [1.54, 1.807) is 17.0 Å². The Labute approximate surface area is 176 Å². The van der Waals surface area contributed by atoms with Crippen molar-refractivity contribution in [3.8, 4) is 0 Å². The first kappa shape index (κ1) is 22.1. The minimum Gasteiger partial charge on any atom is -0.350 e. The molecule has 0 bridgehead atoms. The molecule has 3 N–H and O–H groups in total. The molecule has 0 aliphatic carbocycles. The molecule has 1 aromatic heterocycles. The van der Waals surface area contributed by atoms with Crippen molar-refractivity contribution < 1.29 is 22.8 Å². The fraction of sp³-hybridized carbons (Fsp3) is 0.300. The van der Waals surface area contributed by atoms with Gasteiger partial charge in [-0.2, -0.15) is 18.2 Å². The van der Waals surface area contributed by atoms with Gasteiger partial charge in [0.15, 0.2) is 0 Å². The standard InChI is InChI=1S/C20H21F3N6O2/c1-2-17(31)26-15-7-3-4-8-16(15)27-18-14(20(21,22)23)10-24-19(28-18)25-13-6-5-9-29(11-13)12-30/h2-4,7-8,10,12-13H,1,5-6,9,11H2,(H,26,31)(H2,24,25,27,28). The minimum absolute atomic E-state index is 0.000794. The van der Waals surface area contributed by atoms with E-state index < -0.39 is 23.5 Å². The Balaban J connectivity index is 1.89. The summed E-state index contributed by atoms with van der Waals surface area (Å²) in [6.45, 7) is 4.40. The average molecular weight is 434 g/mol. The van der Waals surface area contributed by atoms with E-state index in [2.05, 4.69) is 32.5 Å². The molecule has 11 heteroatoms. The summed E-state index contributed by atoms with van der Waals surface area (Å²) in [6.07, 6.45) is -0.713. The summed E-state index contributed by atoms with van der Waals surface area (Å²) in [5, 5.41) is 8.17. The fourth-order valence-electron chi connectivity index (χ4n) is 3.17. The lowest BCUT2D eigenvalue weighted by Crippen LogP contribution is -2.41. The van der Waals surface area contributed by atoms with Gasteiger partial charge < -0.3 is 20.9 Å². The fourth-order valence-corrected chi connectivity index (χ4v) is 3.17. The molecule has 1 aliphatic rings. The number of benzene rings is 1. The van der Waals surface area contributed by atoms with Crippen LogP contribution in [0.2, 0.25) is 0 Å². The molecule has 0 radical (unpaired) electrons. The summed E-state index contributed by atoms with van der Waals surface area (Å²) in [7, 11) is 0. The van der Waals surface area contributed by atoms with Gasteiger partial charge in [-0.3, -0.25) is 9.59 Å². The largest absolute Gasteiger partial charge is 0.421 e. The molecule has 1 aliphatic heterocycles. The van der Waals surface area contributed by atoms with Crippen molar-refractivity contribution in [1.29, 1.82) is 0 Å². The molecule has 31 heavy (non-hydrogen) atoms. The number of hydrogen-bond acceptors (Lipinski definition) is 6. The smallest absolute Gasteiger partial charge is 0.350 e. The Morgan fingerprint density at radius 3 is 2.68 bits per heavy atom. The zero-order valence-corrected chi connectivity index (χ0v) is 16.4. The summed E-state index contributed by atoms with van der Waals surface area (Å²) < 4.78 is 40.6. The lowest BCUT2D eigenvalue weighted by molar-refractivity contribution is -0.137. The highest BCUT2D eigenvalue weighted by atomic mass is 19.4. The van der Waals surface area contributed by atoms with E-state index >= 15 is 0 Å². The lowest BCUT2D eigenvalue weighted by atomic mass is 10.1. The first-order chi connectivity index (χ1) is 14.8. The highest BCUT2D eigenvalue weighted by Crippen LogP contribution is 2.36. The van der Waals surface area contributed by atoms with Crippen LogP contribution in [0.15, 0.2) is 43.1 Å².